The van der Waals surface area contributed by atoms with E-state index in [0.29, 0.717) is 17.8 Å². The lowest BCUT2D eigenvalue weighted by Gasteiger charge is -2.33. The highest BCUT2D eigenvalue weighted by Gasteiger charge is 2.49. The summed E-state index contributed by atoms with van der Waals surface area (Å²) in [5.41, 5.74) is -0.378. The molecule has 128 valence electrons. The first kappa shape index (κ1) is 17.7. The number of ether oxygens (including phenoxy) is 3. The summed E-state index contributed by atoms with van der Waals surface area (Å²) in [5.74, 6) is 1.25. The number of carbonyl (C=O) groups excluding carboxylic acids is 1. The van der Waals surface area contributed by atoms with Crippen LogP contribution in [0.25, 0.3) is 0 Å². The second kappa shape index (κ2) is 6.88. The van der Waals surface area contributed by atoms with Gasteiger partial charge in [-0.3, -0.25) is 4.79 Å². The van der Waals surface area contributed by atoms with Crippen LogP contribution in [0.2, 0.25) is 0 Å². The minimum absolute atomic E-state index is 0.0537. The van der Waals surface area contributed by atoms with E-state index in [9.17, 15) is 4.79 Å². The molecule has 0 aromatic carbocycles. The van der Waals surface area contributed by atoms with Crippen LogP contribution in [-0.2, 0) is 19.0 Å². The fourth-order valence-electron chi connectivity index (χ4n) is 3.58. The Labute approximate surface area is 134 Å². The molecule has 2 saturated carbocycles. The van der Waals surface area contributed by atoms with Gasteiger partial charge in [0.05, 0.1) is 11.5 Å². The highest BCUT2D eigenvalue weighted by atomic mass is 16.7. The topological polar surface area (TPSA) is 44.8 Å². The number of rotatable bonds is 7. The SMILES string of the molecule is CCC(C)(C)C(=O)OC1CC2CC1CC2OC(OC)C(C)C. The molecule has 0 radical (unpaired) electrons. The third-order valence-electron chi connectivity index (χ3n) is 5.51. The number of fused-ring (bicyclic) bond motifs is 2. The largest absolute Gasteiger partial charge is 0.462 e. The average Bonchev–Trinajstić information content (AvgIpc) is 3.03. The molecule has 2 bridgehead atoms. The lowest BCUT2D eigenvalue weighted by Crippen LogP contribution is -2.37. The maximum Gasteiger partial charge on any atom is 0.311 e. The minimum Gasteiger partial charge on any atom is -0.462 e. The number of methoxy groups -OCH3 is 1. The number of esters is 1. The molecular weight excluding hydrogens is 280 g/mol. The molecule has 0 saturated heterocycles. The lowest BCUT2D eigenvalue weighted by molar-refractivity contribution is -0.194. The Balaban J connectivity index is 1.86. The van der Waals surface area contributed by atoms with Gasteiger partial charge in [0.2, 0.25) is 0 Å². The van der Waals surface area contributed by atoms with Crippen molar-refractivity contribution in [3.05, 3.63) is 0 Å². The molecule has 4 nitrogen and oxygen atoms in total. The summed E-state index contributed by atoms with van der Waals surface area (Å²) >= 11 is 0. The summed E-state index contributed by atoms with van der Waals surface area (Å²) in [5, 5.41) is 0. The van der Waals surface area contributed by atoms with Crippen molar-refractivity contribution in [1.29, 1.82) is 0 Å². The minimum atomic E-state index is -0.378. The van der Waals surface area contributed by atoms with Crippen molar-refractivity contribution in [2.24, 2.45) is 23.2 Å². The van der Waals surface area contributed by atoms with E-state index in [2.05, 4.69) is 13.8 Å². The Kier molecular flexibility index (Phi) is 5.54. The van der Waals surface area contributed by atoms with Crippen molar-refractivity contribution >= 4 is 5.97 Å². The van der Waals surface area contributed by atoms with E-state index in [-0.39, 0.29) is 29.9 Å². The van der Waals surface area contributed by atoms with E-state index in [1.54, 1.807) is 7.11 Å². The smallest absolute Gasteiger partial charge is 0.311 e. The summed E-state index contributed by atoms with van der Waals surface area (Å²) < 4.78 is 17.4. The van der Waals surface area contributed by atoms with Crippen LogP contribution >= 0.6 is 0 Å². The first-order valence-electron chi connectivity index (χ1n) is 8.67. The third kappa shape index (κ3) is 3.65. The summed E-state index contributed by atoms with van der Waals surface area (Å²) in [7, 11) is 1.70. The first-order valence-corrected chi connectivity index (χ1v) is 8.67. The van der Waals surface area contributed by atoms with Crippen LogP contribution in [0.4, 0.5) is 0 Å². The fraction of sp³-hybridized carbons (Fsp3) is 0.944. The summed E-state index contributed by atoms with van der Waals surface area (Å²) in [6.45, 7) is 10.2. The van der Waals surface area contributed by atoms with E-state index in [4.69, 9.17) is 14.2 Å². The highest BCUT2D eigenvalue weighted by Crippen LogP contribution is 2.48. The molecule has 5 unspecified atom stereocenters. The normalized spacial score (nSPS) is 32.5. The summed E-state index contributed by atoms with van der Waals surface area (Å²) in [6, 6.07) is 0. The summed E-state index contributed by atoms with van der Waals surface area (Å²) in [6.07, 6.45) is 4.06. The molecule has 0 spiro atoms. The Hall–Kier alpha value is -0.610. The second-order valence-corrected chi connectivity index (χ2v) is 7.93. The number of hydrogen-bond acceptors (Lipinski definition) is 4. The maximum absolute atomic E-state index is 12.2. The van der Waals surface area contributed by atoms with Crippen molar-refractivity contribution in [2.45, 2.75) is 78.8 Å². The third-order valence-corrected chi connectivity index (χ3v) is 5.51. The van der Waals surface area contributed by atoms with Gasteiger partial charge in [0.25, 0.3) is 0 Å². The van der Waals surface area contributed by atoms with Gasteiger partial charge in [-0.05, 0) is 51.4 Å². The molecule has 4 heteroatoms. The van der Waals surface area contributed by atoms with E-state index >= 15 is 0 Å². The van der Waals surface area contributed by atoms with Crippen LogP contribution in [0.3, 0.4) is 0 Å². The van der Waals surface area contributed by atoms with Gasteiger partial charge in [-0.15, -0.1) is 0 Å². The Bertz CT molecular complexity index is 391. The average molecular weight is 312 g/mol. The molecule has 2 aliphatic carbocycles. The second-order valence-electron chi connectivity index (χ2n) is 7.93. The Morgan fingerprint density at radius 3 is 2.18 bits per heavy atom. The lowest BCUT2D eigenvalue weighted by atomic mass is 9.90. The molecule has 0 N–H and O–H groups in total. The molecular formula is C18H32O4. The van der Waals surface area contributed by atoms with Crippen molar-refractivity contribution < 1.29 is 19.0 Å². The van der Waals surface area contributed by atoms with Gasteiger partial charge in [-0.1, -0.05) is 20.8 Å². The van der Waals surface area contributed by atoms with E-state index in [1.165, 1.54) is 0 Å². The Morgan fingerprint density at radius 1 is 1.14 bits per heavy atom. The van der Waals surface area contributed by atoms with E-state index in [1.807, 2.05) is 20.8 Å². The predicted molar refractivity (Wildman–Crippen MR) is 85.3 cm³/mol. The van der Waals surface area contributed by atoms with Gasteiger partial charge < -0.3 is 14.2 Å². The molecule has 22 heavy (non-hydrogen) atoms. The van der Waals surface area contributed by atoms with Gasteiger partial charge in [0.1, 0.15) is 6.10 Å². The Morgan fingerprint density at radius 2 is 1.73 bits per heavy atom. The van der Waals surface area contributed by atoms with Crippen LogP contribution < -0.4 is 0 Å². The number of hydrogen-bond donors (Lipinski definition) is 0. The van der Waals surface area contributed by atoms with Gasteiger partial charge in [-0.2, -0.15) is 0 Å². The quantitative estimate of drug-likeness (QED) is 0.530. The van der Waals surface area contributed by atoms with Crippen molar-refractivity contribution in [3.8, 4) is 0 Å². The van der Waals surface area contributed by atoms with Gasteiger partial charge >= 0.3 is 5.97 Å². The monoisotopic (exact) mass is 312 g/mol. The molecule has 2 aliphatic rings. The maximum atomic E-state index is 12.2. The van der Waals surface area contributed by atoms with Crippen molar-refractivity contribution in [3.63, 3.8) is 0 Å². The molecule has 0 aromatic heterocycles. The van der Waals surface area contributed by atoms with Crippen LogP contribution in [0.1, 0.15) is 60.3 Å². The zero-order valence-electron chi connectivity index (χ0n) is 14.9. The van der Waals surface area contributed by atoms with E-state index < -0.39 is 0 Å². The van der Waals surface area contributed by atoms with Crippen molar-refractivity contribution in [1.82, 2.24) is 0 Å². The van der Waals surface area contributed by atoms with Gasteiger partial charge in [-0.25, -0.2) is 0 Å². The van der Waals surface area contributed by atoms with Crippen LogP contribution in [0.5, 0.6) is 0 Å². The van der Waals surface area contributed by atoms with Gasteiger partial charge in [0, 0.05) is 13.0 Å². The first-order chi connectivity index (χ1) is 10.3. The molecule has 0 aromatic rings. The van der Waals surface area contributed by atoms with Gasteiger partial charge in [0.15, 0.2) is 6.29 Å². The molecule has 2 rings (SSSR count). The van der Waals surface area contributed by atoms with Crippen LogP contribution in [-0.4, -0.2) is 31.6 Å². The predicted octanol–water partition coefficient (Wildman–Crippen LogP) is 3.78. The fourth-order valence-corrected chi connectivity index (χ4v) is 3.58. The summed E-state index contributed by atoms with van der Waals surface area (Å²) in [4.78, 5) is 12.2. The molecule has 2 fully saturated rings. The molecule has 0 aliphatic heterocycles. The van der Waals surface area contributed by atoms with Crippen LogP contribution in [0, 0.1) is 23.2 Å². The zero-order valence-corrected chi connectivity index (χ0v) is 14.9. The molecule has 0 heterocycles. The number of carbonyl (C=O) groups is 1. The van der Waals surface area contributed by atoms with Crippen LogP contribution in [0.15, 0.2) is 0 Å². The molecule has 5 atom stereocenters. The van der Waals surface area contributed by atoms with E-state index in [0.717, 1.165) is 25.7 Å². The van der Waals surface area contributed by atoms with Crippen molar-refractivity contribution in [2.75, 3.05) is 7.11 Å². The highest BCUT2D eigenvalue weighted by molar-refractivity contribution is 5.76. The molecule has 0 amide bonds. The standard InChI is InChI=1S/C18H32O4/c1-7-18(4,5)17(19)22-15-10-12-8-13(15)9-14(12)21-16(20-6)11(2)3/h11-16H,7-10H2,1-6H3. The zero-order chi connectivity index (χ0) is 16.5.